The minimum Gasteiger partial charge on any atom is -0.424 e. The predicted octanol–water partition coefficient (Wildman–Crippen LogP) is 3.26. The van der Waals surface area contributed by atoms with Crippen molar-refractivity contribution in [1.82, 2.24) is 9.71 Å². The van der Waals surface area contributed by atoms with Crippen LogP contribution in [0.5, 0.6) is 5.75 Å². The van der Waals surface area contributed by atoms with Crippen molar-refractivity contribution in [3.05, 3.63) is 72.4 Å². The van der Waals surface area contributed by atoms with Crippen molar-refractivity contribution >= 4 is 16.0 Å². The van der Waals surface area contributed by atoms with Gasteiger partial charge < -0.3 is 9.72 Å². The summed E-state index contributed by atoms with van der Waals surface area (Å²) in [6.07, 6.45) is 1.56. The van der Waals surface area contributed by atoms with Crippen molar-refractivity contribution in [2.75, 3.05) is 0 Å². The van der Waals surface area contributed by atoms with Crippen LogP contribution in [0.25, 0.3) is 11.3 Å². The van der Waals surface area contributed by atoms with Crippen molar-refractivity contribution in [3.63, 3.8) is 0 Å². The molecule has 0 aliphatic carbocycles. The van der Waals surface area contributed by atoms with Crippen LogP contribution in [0.1, 0.15) is 12.5 Å². The Bertz CT molecular complexity index is 1030. The monoisotopic (exact) mass is 384 g/mol. The van der Waals surface area contributed by atoms with Gasteiger partial charge in [0, 0.05) is 18.0 Å². The first-order valence-electron chi connectivity index (χ1n) is 8.40. The van der Waals surface area contributed by atoms with Gasteiger partial charge in [0.05, 0.1) is 4.90 Å². The molecule has 2 aromatic carbocycles. The smallest absolute Gasteiger partial charge is 0.329 e. The number of benzene rings is 2. The molecule has 0 spiro atoms. The average molecular weight is 384 g/mol. The van der Waals surface area contributed by atoms with E-state index in [2.05, 4.69) is 9.71 Å². The second-order valence-electron chi connectivity index (χ2n) is 6.19. The Balaban J connectivity index is 1.66. The van der Waals surface area contributed by atoms with E-state index in [1.165, 1.54) is 19.1 Å². The molecule has 1 heterocycles. The lowest BCUT2D eigenvalue weighted by Gasteiger charge is -2.13. The van der Waals surface area contributed by atoms with Crippen LogP contribution in [0.3, 0.4) is 0 Å². The fourth-order valence-electron chi connectivity index (χ4n) is 2.49. The molecule has 0 radical (unpaired) electrons. The van der Waals surface area contributed by atoms with E-state index >= 15 is 0 Å². The zero-order chi connectivity index (χ0) is 19.4. The number of hydrogen-bond acceptors (Lipinski definition) is 4. The van der Waals surface area contributed by atoms with E-state index in [1.807, 2.05) is 37.3 Å². The molecule has 0 aliphatic rings. The average Bonchev–Trinajstić information content (AvgIpc) is 3.11. The maximum absolute atomic E-state index is 12.4. The van der Waals surface area contributed by atoms with Crippen LogP contribution in [-0.4, -0.2) is 25.4 Å². The molecule has 2 N–H and O–H groups in total. The highest BCUT2D eigenvalue weighted by atomic mass is 32.2. The largest absolute Gasteiger partial charge is 0.424 e. The van der Waals surface area contributed by atoms with E-state index in [-0.39, 0.29) is 4.90 Å². The van der Waals surface area contributed by atoms with Gasteiger partial charge in [0.2, 0.25) is 10.0 Å². The van der Waals surface area contributed by atoms with Crippen molar-refractivity contribution < 1.29 is 17.9 Å². The molecule has 27 heavy (non-hydrogen) atoms. The molecule has 0 bridgehead atoms. The quantitative estimate of drug-likeness (QED) is 0.639. The van der Waals surface area contributed by atoms with Gasteiger partial charge in [-0.15, -0.1) is 0 Å². The lowest BCUT2D eigenvalue weighted by atomic mass is 10.2. The molecule has 140 valence electrons. The molecule has 0 aliphatic heterocycles. The van der Waals surface area contributed by atoms with Crippen LogP contribution in [0, 0.1) is 6.92 Å². The van der Waals surface area contributed by atoms with Crippen LogP contribution in [0.2, 0.25) is 0 Å². The molecule has 0 fully saturated rings. The normalized spacial score (nSPS) is 12.5. The van der Waals surface area contributed by atoms with Crippen LogP contribution < -0.4 is 9.46 Å². The lowest BCUT2D eigenvalue weighted by molar-refractivity contribution is -0.135. The Morgan fingerprint density at radius 3 is 2.41 bits per heavy atom. The molecular formula is C20H20N2O4S. The molecule has 6 nitrogen and oxygen atoms in total. The van der Waals surface area contributed by atoms with Crippen molar-refractivity contribution in [3.8, 4) is 17.0 Å². The highest BCUT2D eigenvalue weighted by Gasteiger charge is 2.23. The maximum Gasteiger partial charge on any atom is 0.329 e. The number of hydrogen-bond donors (Lipinski definition) is 2. The Morgan fingerprint density at radius 1 is 1.07 bits per heavy atom. The Morgan fingerprint density at radius 2 is 1.74 bits per heavy atom. The molecule has 7 heteroatoms. The van der Waals surface area contributed by atoms with E-state index in [9.17, 15) is 13.2 Å². The molecule has 0 saturated heterocycles. The number of ether oxygens (including phenoxy) is 1. The highest BCUT2D eigenvalue weighted by molar-refractivity contribution is 7.89. The summed E-state index contributed by atoms with van der Waals surface area (Å²) < 4.78 is 32.4. The molecule has 0 saturated carbocycles. The van der Waals surface area contributed by atoms with Gasteiger partial charge in [0.25, 0.3) is 0 Å². The summed E-state index contributed by atoms with van der Waals surface area (Å²) in [6.45, 7) is 3.31. The number of aromatic nitrogens is 1. The first-order chi connectivity index (χ1) is 12.8. The first-order valence-corrected chi connectivity index (χ1v) is 9.88. The zero-order valence-corrected chi connectivity index (χ0v) is 15.8. The molecular weight excluding hydrogens is 364 g/mol. The van der Waals surface area contributed by atoms with Crippen molar-refractivity contribution in [2.45, 2.75) is 24.8 Å². The van der Waals surface area contributed by atoms with Crippen molar-refractivity contribution in [1.29, 1.82) is 0 Å². The summed E-state index contributed by atoms with van der Waals surface area (Å²) in [5.74, 6) is -0.371. The van der Waals surface area contributed by atoms with E-state index < -0.39 is 22.0 Å². The summed E-state index contributed by atoms with van der Waals surface area (Å²) in [6, 6.07) is 16.6. The minimum absolute atomic E-state index is 0.0979. The molecule has 0 amide bonds. The van der Waals surface area contributed by atoms with Gasteiger partial charge in [-0.1, -0.05) is 48.0 Å². The topological polar surface area (TPSA) is 88.3 Å². The number of carbonyl (C=O) groups is 1. The molecule has 1 unspecified atom stereocenters. The maximum atomic E-state index is 12.4. The van der Waals surface area contributed by atoms with Crippen LogP contribution in [-0.2, 0) is 14.8 Å². The van der Waals surface area contributed by atoms with Gasteiger partial charge in [-0.3, -0.25) is 0 Å². The fraction of sp³-hybridized carbons (Fsp3) is 0.150. The van der Waals surface area contributed by atoms with Gasteiger partial charge in [-0.05, 0) is 31.5 Å². The van der Waals surface area contributed by atoms with Gasteiger partial charge in [0.1, 0.15) is 11.8 Å². The van der Waals surface area contributed by atoms with E-state index in [1.54, 1.807) is 24.4 Å². The summed E-state index contributed by atoms with van der Waals surface area (Å²) in [7, 11) is -3.81. The second kappa shape index (κ2) is 7.77. The van der Waals surface area contributed by atoms with Gasteiger partial charge in [0.15, 0.2) is 0 Å². The third-order valence-electron chi connectivity index (χ3n) is 3.98. The summed E-state index contributed by atoms with van der Waals surface area (Å²) in [5.41, 5.74) is 2.70. The number of H-pyrrole nitrogens is 1. The zero-order valence-electron chi connectivity index (χ0n) is 15.0. The molecule has 3 rings (SSSR count). The molecule has 3 aromatic rings. The fourth-order valence-corrected chi connectivity index (χ4v) is 3.68. The number of sulfonamides is 1. The highest BCUT2D eigenvalue weighted by Crippen LogP contribution is 2.23. The lowest BCUT2D eigenvalue weighted by Crippen LogP contribution is -2.40. The van der Waals surface area contributed by atoms with Crippen molar-refractivity contribution in [2.24, 2.45) is 0 Å². The standard InChI is InChI=1S/C20H20N2O4S/c1-14-8-10-18(11-9-14)27(24,25)22-15(2)20(23)26-17-12-19(21-13-17)16-6-4-3-5-7-16/h3-13,15,21-22H,1-2H3. The van der Waals surface area contributed by atoms with Crippen LogP contribution >= 0.6 is 0 Å². The summed E-state index contributed by atoms with van der Waals surface area (Å²) in [5, 5.41) is 0. The van der Waals surface area contributed by atoms with E-state index in [0.717, 1.165) is 16.8 Å². The molecule has 1 atom stereocenters. The van der Waals surface area contributed by atoms with Crippen LogP contribution in [0.4, 0.5) is 0 Å². The number of carbonyl (C=O) groups excluding carboxylic acids is 1. The van der Waals surface area contributed by atoms with E-state index in [0.29, 0.717) is 5.75 Å². The number of aryl methyl sites for hydroxylation is 1. The SMILES string of the molecule is Cc1ccc(S(=O)(=O)NC(C)C(=O)Oc2c[nH]c(-c3ccccc3)c2)cc1. The number of aromatic amines is 1. The number of rotatable bonds is 6. The predicted molar refractivity (Wildman–Crippen MR) is 103 cm³/mol. The first kappa shape index (κ1) is 18.9. The Labute approximate surface area is 158 Å². The van der Waals surface area contributed by atoms with Crippen LogP contribution in [0.15, 0.2) is 71.8 Å². The molecule has 1 aromatic heterocycles. The van der Waals surface area contributed by atoms with Gasteiger partial charge in [-0.25, -0.2) is 13.2 Å². The second-order valence-corrected chi connectivity index (χ2v) is 7.91. The van der Waals surface area contributed by atoms with Gasteiger partial charge in [-0.2, -0.15) is 4.72 Å². The Hall–Kier alpha value is -2.90. The minimum atomic E-state index is -3.81. The number of nitrogens with one attached hydrogen (secondary N) is 2. The number of esters is 1. The Kier molecular flexibility index (Phi) is 5.43. The third-order valence-corrected chi connectivity index (χ3v) is 5.53. The van der Waals surface area contributed by atoms with E-state index in [4.69, 9.17) is 4.74 Å². The van der Waals surface area contributed by atoms with Gasteiger partial charge >= 0.3 is 5.97 Å². The summed E-state index contributed by atoms with van der Waals surface area (Å²) >= 11 is 0. The summed E-state index contributed by atoms with van der Waals surface area (Å²) in [4.78, 5) is 15.4. The third kappa shape index (κ3) is 4.64.